The fourth-order valence-electron chi connectivity index (χ4n) is 3.05. The maximum Gasteiger partial charge on any atom is 0.225 e. The van der Waals surface area contributed by atoms with Gasteiger partial charge in [0.15, 0.2) is 15.6 Å². The van der Waals surface area contributed by atoms with Gasteiger partial charge in [-0.3, -0.25) is 4.79 Å². The monoisotopic (exact) mass is 478 g/mol. The van der Waals surface area contributed by atoms with Crippen molar-refractivity contribution in [3.05, 3.63) is 52.7 Å². The Hall–Kier alpha value is -3.04. The molecule has 0 atom stereocenters. The molecule has 1 heterocycles. The van der Waals surface area contributed by atoms with E-state index in [0.717, 1.165) is 11.3 Å². The van der Waals surface area contributed by atoms with Gasteiger partial charge in [-0.25, -0.2) is 8.42 Å². The summed E-state index contributed by atoms with van der Waals surface area (Å²) in [4.78, 5) is 12.3. The predicted molar refractivity (Wildman–Crippen MR) is 121 cm³/mol. The van der Waals surface area contributed by atoms with Gasteiger partial charge in [0.2, 0.25) is 5.91 Å². The molecule has 8 nitrogen and oxygen atoms in total. The van der Waals surface area contributed by atoms with E-state index in [1.165, 1.54) is 26.4 Å². The highest BCUT2D eigenvalue weighted by molar-refractivity contribution is 7.91. The van der Waals surface area contributed by atoms with E-state index in [4.69, 9.17) is 25.6 Å². The number of hydrogen-bond acceptors (Lipinski definition) is 7. The number of aromatic nitrogens is 1. The minimum absolute atomic E-state index is 0.0220. The molecular weight excluding hydrogens is 456 g/mol. The largest absolute Gasteiger partial charge is 0.495 e. The molecule has 0 aliphatic carbocycles. The van der Waals surface area contributed by atoms with Crippen LogP contribution in [0.4, 0.5) is 5.69 Å². The van der Waals surface area contributed by atoms with Crippen LogP contribution in [0.1, 0.15) is 17.7 Å². The van der Waals surface area contributed by atoms with Crippen molar-refractivity contribution in [1.29, 1.82) is 0 Å². The summed E-state index contributed by atoms with van der Waals surface area (Å²) in [5.41, 5.74) is 2.53. The third-order valence-corrected chi connectivity index (χ3v) is 6.98. The number of rotatable bonds is 8. The summed E-state index contributed by atoms with van der Waals surface area (Å²) < 4.78 is 41.7. The summed E-state index contributed by atoms with van der Waals surface area (Å²) in [6.45, 7) is 3.65. The number of methoxy groups -OCH3 is 2. The fraction of sp³-hybridized carbons (Fsp3) is 0.273. The number of carbonyl (C=O) groups is 1. The quantitative estimate of drug-likeness (QED) is 0.510. The first-order valence-electron chi connectivity index (χ1n) is 9.63. The van der Waals surface area contributed by atoms with E-state index in [1.807, 2.05) is 6.92 Å². The van der Waals surface area contributed by atoms with Crippen molar-refractivity contribution in [1.82, 2.24) is 5.16 Å². The van der Waals surface area contributed by atoms with Crippen molar-refractivity contribution in [2.24, 2.45) is 0 Å². The van der Waals surface area contributed by atoms with Gasteiger partial charge in [0.25, 0.3) is 0 Å². The molecule has 0 fully saturated rings. The lowest BCUT2D eigenvalue weighted by molar-refractivity contribution is -0.115. The van der Waals surface area contributed by atoms with E-state index in [0.29, 0.717) is 27.8 Å². The summed E-state index contributed by atoms with van der Waals surface area (Å²) in [6, 6.07) is 9.48. The Labute approximate surface area is 191 Å². The summed E-state index contributed by atoms with van der Waals surface area (Å²) >= 11 is 6.06. The number of aryl methyl sites for hydroxylation is 1. The highest BCUT2D eigenvalue weighted by Crippen LogP contribution is 2.33. The Morgan fingerprint density at radius 1 is 1.09 bits per heavy atom. The summed E-state index contributed by atoms with van der Waals surface area (Å²) in [7, 11) is -0.968. The van der Waals surface area contributed by atoms with Crippen molar-refractivity contribution in [2.75, 3.05) is 25.3 Å². The molecule has 3 aromatic rings. The van der Waals surface area contributed by atoms with Gasteiger partial charge in [0, 0.05) is 23.2 Å². The van der Waals surface area contributed by atoms with Gasteiger partial charge in [-0.05, 0) is 50.2 Å². The average Bonchev–Trinajstić information content (AvgIpc) is 3.10. The molecule has 10 heteroatoms. The molecule has 0 saturated carbocycles. The van der Waals surface area contributed by atoms with Gasteiger partial charge in [-0.2, -0.15) is 0 Å². The summed E-state index contributed by atoms with van der Waals surface area (Å²) in [5, 5.41) is 6.88. The molecule has 2 aromatic carbocycles. The average molecular weight is 479 g/mol. The predicted octanol–water partition coefficient (Wildman–Crippen LogP) is 4.43. The van der Waals surface area contributed by atoms with E-state index in [1.54, 1.807) is 31.2 Å². The first kappa shape index (κ1) is 23.6. The Bertz CT molecular complexity index is 1250. The van der Waals surface area contributed by atoms with Crippen molar-refractivity contribution < 1.29 is 27.2 Å². The van der Waals surface area contributed by atoms with Gasteiger partial charge in [0.05, 0.1) is 30.7 Å². The first-order valence-corrected chi connectivity index (χ1v) is 11.7. The molecule has 1 N–H and O–H groups in total. The van der Waals surface area contributed by atoms with Crippen LogP contribution in [0.3, 0.4) is 0 Å². The molecule has 32 heavy (non-hydrogen) atoms. The number of ether oxygens (including phenoxy) is 2. The minimum Gasteiger partial charge on any atom is -0.495 e. The molecule has 0 bridgehead atoms. The Morgan fingerprint density at radius 3 is 2.38 bits per heavy atom. The van der Waals surface area contributed by atoms with Crippen molar-refractivity contribution >= 4 is 33.0 Å². The van der Waals surface area contributed by atoms with E-state index in [2.05, 4.69) is 10.5 Å². The van der Waals surface area contributed by atoms with Gasteiger partial charge < -0.3 is 19.3 Å². The van der Waals surface area contributed by atoms with E-state index in [-0.39, 0.29) is 17.1 Å². The van der Waals surface area contributed by atoms with Crippen LogP contribution in [0, 0.1) is 13.8 Å². The SMILES string of the molecule is COc1ccc(NC(=O)CCS(=O)(=O)c2cc(-c3onc(C)c3C)ccc2OC)cc1Cl. The normalized spacial score (nSPS) is 11.3. The number of sulfone groups is 1. The number of benzene rings is 2. The van der Waals surface area contributed by atoms with Crippen LogP contribution < -0.4 is 14.8 Å². The van der Waals surface area contributed by atoms with Crippen LogP contribution >= 0.6 is 11.6 Å². The lowest BCUT2D eigenvalue weighted by atomic mass is 10.1. The third kappa shape index (κ3) is 5.05. The number of carbonyl (C=O) groups excluding carboxylic acids is 1. The second-order valence-corrected chi connectivity index (χ2v) is 9.54. The standard InChI is InChI=1S/C22H23ClN2O6S/c1-13-14(2)25-31-22(13)15-5-7-19(30-4)20(11-15)32(27,28)10-9-21(26)24-16-6-8-18(29-3)17(23)12-16/h5-8,11-12H,9-10H2,1-4H3,(H,24,26). The van der Waals surface area contributed by atoms with Crippen LogP contribution in [0.25, 0.3) is 11.3 Å². The number of halogens is 1. The molecule has 0 saturated heterocycles. The Kier molecular flexibility index (Phi) is 7.10. The topological polar surface area (TPSA) is 108 Å². The molecule has 170 valence electrons. The first-order chi connectivity index (χ1) is 15.2. The van der Waals surface area contributed by atoms with Crippen molar-refractivity contribution in [3.63, 3.8) is 0 Å². The highest BCUT2D eigenvalue weighted by Gasteiger charge is 2.23. The van der Waals surface area contributed by atoms with Crippen molar-refractivity contribution in [2.45, 2.75) is 25.2 Å². The summed E-state index contributed by atoms with van der Waals surface area (Å²) in [5.74, 6) is 0.264. The fourth-order valence-corrected chi connectivity index (χ4v) is 4.75. The smallest absolute Gasteiger partial charge is 0.225 e. The van der Waals surface area contributed by atoms with Gasteiger partial charge in [-0.1, -0.05) is 16.8 Å². The number of nitrogens with one attached hydrogen (secondary N) is 1. The molecule has 0 aliphatic heterocycles. The van der Waals surface area contributed by atoms with Crippen LogP contribution in [0.5, 0.6) is 11.5 Å². The molecule has 0 aliphatic rings. The molecule has 0 radical (unpaired) electrons. The maximum absolute atomic E-state index is 13.0. The zero-order valence-electron chi connectivity index (χ0n) is 18.1. The summed E-state index contributed by atoms with van der Waals surface area (Å²) in [6.07, 6.45) is -0.250. The zero-order valence-corrected chi connectivity index (χ0v) is 19.6. The lowest BCUT2D eigenvalue weighted by Gasteiger charge is -2.12. The van der Waals surface area contributed by atoms with Crippen LogP contribution in [0.2, 0.25) is 5.02 Å². The Morgan fingerprint density at radius 2 is 1.78 bits per heavy atom. The van der Waals surface area contributed by atoms with Crippen molar-refractivity contribution in [3.8, 4) is 22.8 Å². The Balaban J connectivity index is 1.78. The molecule has 0 spiro atoms. The number of amides is 1. The van der Waals surface area contributed by atoms with Crippen LogP contribution in [-0.4, -0.2) is 39.5 Å². The highest BCUT2D eigenvalue weighted by atomic mass is 35.5. The third-order valence-electron chi connectivity index (χ3n) is 4.95. The molecular formula is C22H23ClN2O6S. The molecule has 0 unspecified atom stereocenters. The zero-order chi connectivity index (χ0) is 23.5. The maximum atomic E-state index is 13.0. The molecule has 3 rings (SSSR count). The van der Waals surface area contributed by atoms with E-state index < -0.39 is 21.5 Å². The van der Waals surface area contributed by atoms with Crippen LogP contribution in [0.15, 0.2) is 45.8 Å². The van der Waals surface area contributed by atoms with E-state index in [9.17, 15) is 13.2 Å². The number of nitrogens with zero attached hydrogens (tertiary/aromatic N) is 1. The second-order valence-electron chi connectivity index (χ2n) is 7.05. The van der Waals surface area contributed by atoms with Gasteiger partial charge in [-0.15, -0.1) is 0 Å². The number of anilines is 1. The van der Waals surface area contributed by atoms with Crippen LogP contribution in [-0.2, 0) is 14.6 Å². The van der Waals surface area contributed by atoms with E-state index >= 15 is 0 Å². The molecule has 1 aromatic heterocycles. The van der Waals surface area contributed by atoms with Gasteiger partial charge >= 0.3 is 0 Å². The minimum atomic E-state index is -3.84. The van der Waals surface area contributed by atoms with Gasteiger partial charge in [0.1, 0.15) is 16.4 Å². The molecule has 1 amide bonds. The lowest BCUT2D eigenvalue weighted by Crippen LogP contribution is -2.18. The second kappa shape index (κ2) is 9.62. The number of hydrogen-bond donors (Lipinski definition) is 1.